The molecule has 1 aliphatic rings. The van der Waals surface area contributed by atoms with E-state index < -0.39 is 0 Å². The lowest BCUT2D eigenvalue weighted by Gasteiger charge is -2.20. The zero-order valence-corrected chi connectivity index (χ0v) is 14.1. The Balaban J connectivity index is 1.75. The Hall–Kier alpha value is -1.06. The van der Waals surface area contributed by atoms with Crippen molar-refractivity contribution in [3.05, 3.63) is 29.3 Å². The highest BCUT2D eigenvalue weighted by molar-refractivity contribution is 5.45. The van der Waals surface area contributed by atoms with Crippen LogP contribution >= 0.6 is 0 Å². The summed E-state index contributed by atoms with van der Waals surface area (Å²) in [7, 11) is 0. The molecule has 0 saturated heterocycles. The van der Waals surface area contributed by atoms with Gasteiger partial charge in [-0.15, -0.1) is 0 Å². The molecule has 0 saturated carbocycles. The molecule has 0 aliphatic carbocycles. The van der Waals surface area contributed by atoms with Crippen molar-refractivity contribution in [1.29, 1.82) is 0 Å². The van der Waals surface area contributed by atoms with Gasteiger partial charge < -0.3 is 14.8 Å². The lowest BCUT2D eigenvalue weighted by atomic mass is 9.86. The number of rotatable bonds is 6. The Kier molecular flexibility index (Phi) is 4.95. The van der Waals surface area contributed by atoms with Gasteiger partial charge in [0, 0.05) is 23.1 Å². The largest absolute Gasteiger partial charge is 0.492 e. The molecule has 0 spiro atoms. The van der Waals surface area contributed by atoms with Crippen LogP contribution < -0.4 is 10.1 Å². The maximum atomic E-state index is 5.72. The topological polar surface area (TPSA) is 30.5 Å². The van der Waals surface area contributed by atoms with E-state index in [4.69, 9.17) is 9.47 Å². The summed E-state index contributed by atoms with van der Waals surface area (Å²) in [4.78, 5) is 0. The zero-order valence-electron chi connectivity index (χ0n) is 14.1. The molecule has 2 rings (SSSR count). The second-order valence-electron chi connectivity index (χ2n) is 7.54. The smallest absolute Gasteiger partial charge is 0.123 e. The molecular weight excluding hydrogens is 262 g/mol. The average Bonchev–Trinajstić information content (AvgIpc) is 2.68. The van der Waals surface area contributed by atoms with Crippen molar-refractivity contribution in [2.75, 3.05) is 26.4 Å². The highest BCUT2D eigenvalue weighted by Gasteiger charge is 2.31. The first-order chi connectivity index (χ1) is 9.78. The van der Waals surface area contributed by atoms with Crippen LogP contribution in [-0.4, -0.2) is 31.9 Å². The standard InChI is InChI=1S/C18H29NO2/c1-17(2,3)19-9-11-20-10-8-14-6-7-16-15(12-14)18(4,5)13-21-16/h6-7,12,19H,8-11,13H2,1-5H3. The molecule has 118 valence electrons. The van der Waals surface area contributed by atoms with Gasteiger partial charge in [-0.25, -0.2) is 0 Å². The predicted molar refractivity (Wildman–Crippen MR) is 87.2 cm³/mol. The Bertz CT molecular complexity index is 475. The van der Waals surface area contributed by atoms with Gasteiger partial charge in [-0.3, -0.25) is 0 Å². The van der Waals surface area contributed by atoms with Gasteiger partial charge in [0.2, 0.25) is 0 Å². The van der Waals surface area contributed by atoms with Crippen molar-refractivity contribution in [2.45, 2.75) is 52.0 Å². The summed E-state index contributed by atoms with van der Waals surface area (Å²) in [5, 5.41) is 3.42. The number of hydrogen-bond donors (Lipinski definition) is 1. The van der Waals surface area contributed by atoms with E-state index in [0.29, 0.717) is 0 Å². The second kappa shape index (κ2) is 6.37. The summed E-state index contributed by atoms with van der Waals surface area (Å²) in [5.41, 5.74) is 2.95. The highest BCUT2D eigenvalue weighted by atomic mass is 16.5. The van der Waals surface area contributed by atoms with Crippen LogP contribution in [0.25, 0.3) is 0 Å². The fraction of sp³-hybridized carbons (Fsp3) is 0.667. The van der Waals surface area contributed by atoms with E-state index in [1.807, 2.05) is 0 Å². The third kappa shape index (κ3) is 4.72. The quantitative estimate of drug-likeness (QED) is 0.816. The van der Waals surface area contributed by atoms with Gasteiger partial charge in [0.1, 0.15) is 5.75 Å². The van der Waals surface area contributed by atoms with Gasteiger partial charge in [-0.2, -0.15) is 0 Å². The molecule has 1 aromatic rings. The molecule has 0 unspecified atom stereocenters. The van der Waals surface area contributed by atoms with E-state index in [0.717, 1.165) is 38.5 Å². The molecule has 0 aromatic heterocycles. The van der Waals surface area contributed by atoms with Crippen molar-refractivity contribution < 1.29 is 9.47 Å². The van der Waals surface area contributed by atoms with E-state index in [2.05, 4.69) is 58.1 Å². The highest BCUT2D eigenvalue weighted by Crippen LogP contribution is 2.38. The Morgan fingerprint density at radius 2 is 2.00 bits per heavy atom. The summed E-state index contributed by atoms with van der Waals surface area (Å²) in [6.07, 6.45) is 0.957. The van der Waals surface area contributed by atoms with Crippen LogP contribution in [-0.2, 0) is 16.6 Å². The minimum Gasteiger partial charge on any atom is -0.492 e. The monoisotopic (exact) mass is 291 g/mol. The molecule has 0 fully saturated rings. The SMILES string of the molecule is CC(C)(C)NCCOCCc1ccc2c(c1)C(C)(C)CO2. The summed E-state index contributed by atoms with van der Waals surface area (Å²) in [6.45, 7) is 14.2. The van der Waals surface area contributed by atoms with Gasteiger partial charge in [-0.1, -0.05) is 26.0 Å². The summed E-state index contributed by atoms with van der Waals surface area (Å²) in [6, 6.07) is 6.52. The molecule has 0 amide bonds. The van der Waals surface area contributed by atoms with Crippen LogP contribution in [0.1, 0.15) is 45.7 Å². The molecule has 1 N–H and O–H groups in total. The maximum Gasteiger partial charge on any atom is 0.123 e. The first-order valence-corrected chi connectivity index (χ1v) is 7.87. The molecule has 1 aliphatic heterocycles. The van der Waals surface area contributed by atoms with E-state index in [1.165, 1.54) is 11.1 Å². The molecular formula is C18H29NO2. The van der Waals surface area contributed by atoms with E-state index in [-0.39, 0.29) is 11.0 Å². The molecule has 21 heavy (non-hydrogen) atoms. The van der Waals surface area contributed by atoms with Gasteiger partial charge in [0.05, 0.1) is 19.8 Å². The summed E-state index contributed by atoms with van der Waals surface area (Å²) >= 11 is 0. The maximum absolute atomic E-state index is 5.72. The minimum absolute atomic E-state index is 0.128. The van der Waals surface area contributed by atoms with Crippen molar-refractivity contribution in [3.63, 3.8) is 0 Å². The molecule has 0 radical (unpaired) electrons. The number of hydrogen-bond acceptors (Lipinski definition) is 3. The van der Waals surface area contributed by atoms with Gasteiger partial charge in [0.25, 0.3) is 0 Å². The number of ether oxygens (including phenoxy) is 2. The van der Waals surface area contributed by atoms with Crippen LogP contribution in [0.4, 0.5) is 0 Å². The first kappa shape index (κ1) is 16.3. The molecule has 0 atom stereocenters. The second-order valence-corrected chi connectivity index (χ2v) is 7.54. The van der Waals surface area contributed by atoms with Crippen LogP contribution in [0.15, 0.2) is 18.2 Å². The van der Waals surface area contributed by atoms with Crippen molar-refractivity contribution >= 4 is 0 Å². The lowest BCUT2D eigenvalue weighted by Crippen LogP contribution is -2.38. The van der Waals surface area contributed by atoms with Crippen LogP contribution in [0.2, 0.25) is 0 Å². The van der Waals surface area contributed by atoms with E-state index >= 15 is 0 Å². The normalized spacial score (nSPS) is 16.6. The molecule has 3 nitrogen and oxygen atoms in total. The van der Waals surface area contributed by atoms with Crippen molar-refractivity contribution in [3.8, 4) is 5.75 Å². The van der Waals surface area contributed by atoms with Gasteiger partial charge in [-0.05, 0) is 38.8 Å². The van der Waals surface area contributed by atoms with Gasteiger partial charge in [0.15, 0.2) is 0 Å². The van der Waals surface area contributed by atoms with E-state index in [9.17, 15) is 0 Å². The fourth-order valence-electron chi connectivity index (χ4n) is 2.51. The summed E-state index contributed by atoms with van der Waals surface area (Å²) in [5.74, 6) is 1.04. The molecule has 0 bridgehead atoms. The van der Waals surface area contributed by atoms with Crippen molar-refractivity contribution in [2.24, 2.45) is 0 Å². The number of fused-ring (bicyclic) bond motifs is 1. The average molecular weight is 291 g/mol. The van der Waals surface area contributed by atoms with Crippen LogP contribution in [0.5, 0.6) is 5.75 Å². The Morgan fingerprint density at radius 3 is 2.71 bits per heavy atom. The minimum atomic E-state index is 0.128. The third-order valence-corrected chi connectivity index (χ3v) is 3.80. The molecule has 1 aromatic carbocycles. The number of benzene rings is 1. The predicted octanol–water partition coefficient (Wildman–Crippen LogP) is 3.30. The summed E-state index contributed by atoms with van der Waals surface area (Å²) < 4.78 is 11.4. The Labute approximate surface area is 129 Å². The van der Waals surface area contributed by atoms with Crippen LogP contribution in [0.3, 0.4) is 0 Å². The van der Waals surface area contributed by atoms with Crippen LogP contribution in [0, 0.1) is 0 Å². The molecule has 1 heterocycles. The molecule has 3 heteroatoms. The zero-order chi connectivity index (χ0) is 15.5. The van der Waals surface area contributed by atoms with Crippen molar-refractivity contribution in [1.82, 2.24) is 5.32 Å². The van der Waals surface area contributed by atoms with E-state index in [1.54, 1.807) is 0 Å². The first-order valence-electron chi connectivity index (χ1n) is 7.87. The van der Waals surface area contributed by atoms with Gasteiger partial charge >= 0.3 is 0 Å². The third-order valence-electron chi connectivity index (χ3n) is 3.80. The fourth-order valence-corrected chi connectivity index (χ4v) is 2.51. The number of nitrogens with one attached hydrogen (secondary N) is 1. The lowest BCUT2D eigenvalue weighted by molar-refractivity contribution is 0.133. The Morgan fingerprint density at radius 1 is 1.24 bits per heavy atom.